The second kappa shape index (κ2) is 14.7. The van der Waals surface area contributed by atoms with Gasteiger partial charge in [0.2, 0.25) is 11.9 Å². The van der Waals surface area contributed by atoms with Gasteiger partial charge in [-0.1, -0.05) is 29.8 Å². The number of carbonyl (C=O) groups is 3. The lowest BCUT2D eigenvalue weighted by Crippen LogP contribution is -2.40. The molecule has 3 aromatic carbocycles. The summed E-state index contributed by atoms with van der Waals surface area (Å²) in [6, 6.07) is 18.9. The molecule has 3 aliphatic rings. The average Bonchev–Trinajstić information content (AvgIpc) is 3.59. The van der Waals surface area contributed by atoms with Crippen LogP contribution in [0.5, 0.6) is 6.01 Å². The zero-order valence-electron chi connectivity index (χ0n) is 28.8. The van der Waals surface area contributed by atoms with Crippen molar-refractivity contribution in [3.05, 3.63) is 94.8 Å². The smallest absolute Gasteiger partial charge is 0.392 e. The minimum absolute atomic E-state index is 0.0203. The Hall–Kier alpha value is -5.51. The summed E-state index contributed by atoms with van der Waals surface area (Å²) in [6.45, 7) is 0.898. The molecule has 3 fully saturated rings. The summed E-state index contributed by atoms with van der Waals surface area (Å²) in [4.78, 5) is 55.1. The number of aromatic nitrogens is 3. The van der Waals surface area contributed by atoms with E-state index in [0.29, 0.717) is 55.3 Å². The van der Waals surface area contributed by atoms with E-state index in [1.165, 1.54) is 23.1 Å². The van der Waals surface area contributed by atoms with E-state index < -0.39 is 42.4 Å². The fourth-order valence-corrected chi connectivity index (χ4v) is 6.96. The molecule has 3 amide bonds. The number of alkyl halides is 3. The van der Waals surface area contributed by atoms with Crippen LogP contribution in [0.2, 0.25) is 5.02 Å². The number of nitrogens with one attached hydrogen (secondary N) is 3. The highest BCUT2D eigenvalue weighted by molar-refractivity contribution is 6.39. The lowest BCUT2D eigenvalue weighted by molar-refractivity contribution is -0.142. The maximum Gasteiger partial charge on any atom is 0.392 e. The van der Waals surface area contributed by atoms with E-state index in [2.05, 4.69) is 30.9 Å². The molecule has 1 unspecified atom stereocenters. The van der Waals surface area contributed by atoms with Crippen LogP contribution in [0.1, 0.15) is 48.0 Å². The predicted molar refractivity (Wildman–Crippen MR) is 191 cm³/mol. The van der Waals surface area contributed by atoms with E-state index in [0.717, 1.165) is 24.5 Å². The highest BCUT2D eigenvalue weighted by atomic mass is 35.5. The van der Waals surface area contributed by atoms with Gasteiger partial charge in [0, 0.05) is 53.6 Å². The van der Waals surface area contributed by atoms with Gasteiger partial charge >= 0.3 is 24.0 Å². The molecule has 12 nitrogen and oxygen atoms in total. The highest BCUT2D eigenvalue weighted by Crippen LogP contribution is 2.48. The molecule has 3 N–H and O–H groups in total. The molecule has 1 aliphatic carbocycles. The quantitative estimate of drug-likeness (QED) is 0.121. The van der Waals surface area contributed by atoms with Gasteiger partial charge in [0.05, 0.1) is 12.0 Å². The van der Waals surface area contributed by atoms with Crippen LogP contribution in [0.4, 0.5) is 40.8 Å². The van der Waals surface area contributed by atoms with Gasteiger partial charge < -0.3 is 30.5 Å². The zero-order chi connectivity index (χ0) is 38.1. The van der Waals surface area contributed by atoms with Gasteiger partial charge in [-0.2, -0.15) is 28.1 Å². The molecular weight excluding hydrogens is 732 g/mol. The Bertz CT molecular complexity index is 2050. The van der Waals surface area contributed by atoms with Crippen molar-refractivity contribution in [2.75, 3.05) is 48.7 Å². The summed E-state index contributed by atoms with van der Waals surface area (Å²) in [7, 11) is 0. The minimum atomic E-state index is -4.42. The normalized spacial score (nSPS) is 18.8. The van der Waals surface area contributed by atoms with E-state index in [4.69, 9.17) is 16.3 Å². The van der Waals surface area contributed by atoms with Crippen molar-refractivity contribution in [2.24, 2.45) is 5.41 Å². The SMILES string of the molecule is O=C(Nc1cccc(F)c1)C(=O)N1CCC2(CCN(C(=O)c3ccc(Nc4nc(NC5(c6ccc(Cl)cc6)CC5)nc(OCCC(F)(F)F)n4)cc3)C2)C1. The van der Waals surface area contributed by atoms with Crippen LogP contribution in [0.15, 0.2) is 72.8 Å². The van der Waals surface area contributed by atoms with Crippen molar-refractivity contribution >= 4 is 52.6 Å². The first-order chi connectivity index (χ1) is 25.8. The first-order valence-corrected chi connectivity index (χ1v) is 17.7. The summed E-state index contributed by atoms with van der Waals surface area (Å²) < 4.78 is 57.3. The number of rotatable bonds is 10. The molecule has 2 aliphatic heterocycles. The summed E-state index contributed by atoms with van der Waals surface area (Å²) in [6.07, 6.45) is -2.77. The minimum Gasteiger partial charge on any atom is -0.463 e. The number of amides is 3. The van der Waals surface area contributed by atoms with Crippen LogP contribution < -0.4 is 20.7 Å². The average molecular weight is 767 g/mol. The number of carbonyl (C=O) groups excluding carboxylic acids is 3. The van der Waals surface area contributed by atoms with E-state index in [1.807, 2.05) is 12.1 Å². The number of likely N-dealkylation sites (tertiary alicyclic amines) is 2. The number of anilines is 4. The monoisotopic (exact) mass is 766 g/mol. The molecule has 282 valence electrons. The molecule has 7 rings (SSSR count). The molecule has 4 aromatic rings. The Morgan fingerprint density at radius 2 is 1.52 bits per heavy atom. The third-order valence-electron chi connectivity index (χ3n) is 9.85. The number of nitrogens with zero attached hydrogens (tertiary/aromatic N) is 5. The summed E-state index contributed by atoms with van der Waals surface area (Å²) in [5.74, 6) is -2.16. The van der Waals surface area contributed by atoms with Crippen LogP contribution in [0.3, 0.4) is 0 Å². The summed E-state index contributed by atoms with van der Waals surface area (Å²) >= 11 is 6.06. The van der Waals surface area contributed by atoms with Gasteiger partial charge in [0.25, 0.3) is 5.91 Å². The third-order valence-corrected chi connectivity index (χ3v) is 10.1. The molecule has 1 aromatic heterocycles. The molecule has 0 bridgehead atoms. The van der Waals surface area contributed by atoms with Crippen molar-refractivity contribution in [1.29, 1.82) is 0 Å². The van der Waals surface area contributed by atoms with E-state index in [9.17, 15) is 31.9 Å². The van der Waals surface area contributed by atoms with Crippen molar-refractivity contribution in [3.63, 3.8) is 0 Å². The largest absolute Gasteiger partial charge is 0.463 e. The van der Waals surface area contributed by atoms with Crippen molar-refractivity contribution in [1.82, 2.24) is 24.8 Å². The fourth-order valence-electron chi connectivity index (χ4n) is 6.84. The Morgan fingerprint density at radius 3 is 2.20 bits per heavy atom. The second-order valence-corrected chi connectivity index (χ2v) is 14.2. The topological polar surface area (TPSA) is 142 Å². The van der Waals surface area contributed by atoms with E-state index in [1.54, 1.807) is 41.3 Å². The number of halogens is 5. The van der Waals surface area contributed by atoms with Gasteiger partial charge in [-0.05, 0) is 85.8 Å². The van der Waals surface area contributed by atoms with Crippen LogP contribution in [0.25, 0.3) is 0 Å². The molecule has 3 heterocycles. The number of benzene rings is 3. The number of hydrogen-bond donors (Lipinski definition) is 3. The van der Waals surface area contributed by atoms with Gasteiger partial charge in [0.15, 0.2) is 0 Å². The Morgan fingerprint density at radius 1 is 0.833 bits per heavy atom. The first kappa shape index (κ1) is 36.8. The third kappa shape index (κ3) is 8.65. The molecule has 1 spiro atoms. The van der Waals surface area contributed by atoms with Crippen molar-refractivity contribution in [2.45, 2.75) is 43.8 Å². The van der Waals surface area contributed by atoms with Crippen LogP contribution >= 0.6 is 11.6 Å². The molecule has 0 radical (unpaired) electrons. The standard InChI is InChI=1S/C37H35ClF4N8O4/c38-25-8-6-24(7-9-25)36(12-13-36)48-33-45-32(46-34(47-33)54-19-16-37(40,41)42)44-27-10-4-23(5-11-27)30(52)49-17-14-35(21-49)15-18-50(22-35)31(53)29(51)43-28-3-1-2-26(39)20-28/h1-11,20H,12-19,21-22H2,(H,43,51)(H2,44,45,46,47,48). The molecule has 1 atom stereocenters. The summed E-state index contributed by atoms with van der Waals surface area (Å²) in [5, 5.41) is 9.34. The maximum atomic E-state index is 13.5. The number of ether oxygens (including phenoxy) is 1. The molecule has 54 heavy (non-hydrogen) atoms. The lowest BCUT2D eigenvalue weighted by atomic mass is 9.86. The fraction of sp³-hybridized carbons (Fsp3) is 0.351. The highest BCUT2D eigenvalue weighted by Gasteiger charge is 2.47. The van der Waals surface area contributed by atoms with Crippen LogP contribution in [-0.4, -0.2) is 81.4 Å². The first-order valence-electron chi connectivity index (χ1n) is 17.3. The summed E-state index contributed by atoms with van der Waals surface area (Å²) in [5.41, 5.74) is 1.24. The van der Waals surface area contributed by atoms with Crippen LogP contribution in [-0.2, 0) is 15.1 Å². The molecule has 17 heteroatoms. The van der Waals surface area contributed by atoms with Crippen molar-refractivity contribution < 1.29 is 36.7 Å². The van der Waals surface area contributed by atoms with Crippen LogP contribution in [0, 0.1) is 11.2 Å². The van der Waals surface area contributed by atoms with Gasteiger partial charge in [-0.3, -0.25) is 14.4 Å². The molecule has 1 saturated carbocycles. The van der Waals surface area contributed by atoms with Crippen molar-refractivity contribution in [3.8, 4) is 6.01 Å². The van der Waals surface area contributed by atoms with Gasteiger partial charge in [-0.25, -0.2) is 4.39 Å². The predicted octanol–water partition coefficient (Wildman–Crippen LogP) is 6.54. The van der Waals surface area contributed by atoms with E-state index >= 15 is 0 Å². The molecule has 2 saturated heterocycles. The van der Waals surface area contributed by atoms with Gasteiger partial charge in [-0.15, -0.1) is 0 Å². The maximum absolute atomic E-state index is 13.5. The lowest BCUT2D eigenvalue weighted by Gasteiger charge is -2.24. The van der Waals surface area contributed by atoms with E-state index in [-0.39, 0.29) is 34.9 Å². The Kier molecular flexibility index (Phi) is 10.0. The zero-order valence-corrected chi connectivity index (χ0v) is 29.5. The van der Waals surface area contributed by atoms with Gasteiger partial charge in [0.1, 0.15) is 12.4 Å². The number of hydrogen-bond acceptors (Lipinski definition) is 9. The second-order valence-electron chi connectivity index (χ2n) is 13.8. The molecular formula is C37H35ClF4N8O4. The Labute approximate surface area is 312 Å². The Balaban J connectivity index is 0.983.